The quantitative estimate of drug-likeness (QED) is 0.659. The average molecular weight is 278 g/mol. The lowest BCUT2D eigenvalue weighted by Crippen LogP contribution is -2.00. The van der Waals surface area contributed by atoms with Crippen LogP contribution >= 0.6 is 0 Å². The first-order valence-corrected chi connectivity index (χ1v) is 7.29. The number of nitrogens with zero attached hydrogens (tertiary/aromatic N) is 2. The van der Waals surface area contributed by atoms with Crippen LogP contribution in [0.15, 0.2) is 55.0 Å². The fourth-order valence-corrected chi connectivity index (χ4v) is 2.57. The number of benzene rings is 1. The summed E-state index contributed by atoms with van der Waals surface area (Å²) in [6.45, 7) is 2.78. The zero-order chi connectivity index (χ0) is 14.7. The third-order valence-corrected chi connectivity index (χ3v) is 3.64. The molecule has 0 atom stereocenters. The number of ketones is 1. The van der Waals surface area contributed by atoms with Crippen molar-refractivity contribution < 1.29 is 4.79 Å². The molecule has 106 valence electrons. The Morgan fingerprint density at radius 3 is 2.90 bits per heavy atom. The SMILES string of the molecule is CCCC(=O)c1ccn(Cc2ccnc3ccccc23)c1. The molecule has 0 unspecified atom stereocenters. The van der Waals surface area contributed by atoms with E-state index in [1.54, 1.807) is 0 Å². The highest BCUT2D eigenvalue weighted by atomic mass is 16.1. The molecule has 0 aliphatic carbocycles. The van der Waals surface area contributed by atoms with Crippen LogP contribution in [0.1, 0.15) is 35.7 Å². The molecule has 0 radical (unpaired) electrons. The molecule has 0 aliphatic heterocycles. The van der Waals surface area contributed by atoms with E-state index in [1.807, 2.05) is 55.8 Å². The largest absolute Gasteiger partial charge is 0.349 e. The third kappa shape index (κ3) is 2.87. The number of hydrogen-bond acceptors (Lipinski definition) is 2. The fourth-order valence-electron chi connectivity index (χ4n) is 2.57. The number of Topliss-reactive ketones (excluding diaryl/α,β-unsaturated/α-hetero) is 1. The zero-order valence-corrected chi connectivity index (χ0v) is 12.1. The zero-order valence-electron chi connectivity index (χ0n) is 12.1. The molecule has 2 aromatic heterocycles. The van der Waals surface area contributed by atoms with Crippen molar-refractivity contribution in [2.75, 3.05) is 0 Å². The van der Waals surface area contributed by atoms with Crippen LogP contribution in [0.5, 0.6) is 0 Å². The monoisotopic (exact) mass is 278 g/mol. The lowest BCUT2D eigenvalue weighted by Gasteiger charge is -2.07. The van der Waals surface area contributed by atoms with Crippen LogP contribution in [0.2, 0.25) is 0 Å². The second-order valence-corrected chi connectivity index (χ2v) is 5.23. The Labute approximate surface area is 124 Å². The molecule has 0 aliphatic rings. The van der Waals surface area contributed by atoms with Gasteiger partial charge in [-0.05, 0) is 30.2 Å². The molecule has 3 nitrogen and oxygen atoms in total. The predicted molar refractivity (Wildman–Crippen MR) is 84.5 cm³/mol. The van der Waals surface area contributed by atoms with Crippen LogP contribution in [-0.4, -0.2) is 15.3 Å². The topological polar surface area (TPSA) is 34.9 Å². The van der Waals surface area contributed by atoms with Gasteiger partial charge < -0.3 is 4.57 Å². The van der Waals surface area contributed by atoms with E-state index in [0.29, 0.717) is 6.42 Å². The number of hydrogen-bond donors (Lipinski definition) is 0. The molecular weight excluding hydrogens is 260 g/mol. The first-order valence-electron chi connectivity index (χ1n) is 7.29. The van der Waals surface area contributed by atoms with Crippen molar-refractivity contribution in [1.82, 2.24) is 9.55 Å². The fraction of sp³-hybridized carbons (Fsp3) is 0.222. The molecular formula is C18H18N2O. The Kier molecular flexibility index (Phi) is 3.82. The molecule has 1 aromatic carbocycles. The van der Waals surface area contributed by atoms with E-state index in [-0.39, 0.29) is 5.78 Å². The molecule has 0 spiro atoms. The lowest BCUT2D eigenvalue weighted by atomic mass is 10.1. The number of fused-ring (bicyclic) bond motifs is 1. The Bertz CT molecular complexity index is 768. The van der Waals surface area contributed by atoms with Gasteiger partial charge in [0.1, 0.15) is 0 Å². The van der Waals surface area contributed by atoms with Gasteiger partial charge in [0.05, 0.1) is 5.52 Å². The highest BCUT2D eigenvalue weighted by Crippen LogP contribution is 2.18. The van der Waals surface area contributed by atoms with Crippen molar-refractivity contribution in [2.45, 2.75) is 26.3 Å². The van der Waals surface area contributed by atoms with Gasteiger partial charge >= 0.3 is 0 Å². The van der Waals surface area contributed by atoms with Crippen LogP contribution in [0.25, 0.3) is 10.9 Å². The minimum absolute atomic E-state index is 0.218. The van der Waals surface area contributed by atoms with E-state index in [2.05, 4.69) is 15.6 Å². The van der Waals surface area contributed by atoms with E-state index >= 15 is 0 Å². The minimum Gasteiger partial charge on any atom is -0.349 e. The normalized spacial score (nSPS) is 10.9. The van der Waals surface area contributed by atoms with Gasteiger partial charge in [-0.3, -0.25) is 9.78 Å². The maximum atomic E-state index is 11.9. The van der Waals surface area contributed by atoms with Crippen molar-refractivity contribution in [3.8, 4) is 0 Å². The van der Waals surface area contributed by atoms with Gasteiger partial charge in [-0.1, -0.05) is 25.1 Å². The molecule has 0 N–H and O–H groups in total. The summed E-state index contributed by atoms with van der Waals surface area (Å²) >= 11 is 0. The Morgan fingerprint density at radius 1 is 1.19 bits per heavy atom. The number of para-hydroxylation sites is 1. The maximum Gasteiger partial charge on any atom is 0.164 e. The molecule has 3 aromatic rings. The standard InChI is InChI=1S/C18H18N2O/c1-2-5-18(21)15-9-11-20(13-15)12-14-8-10-19-17-7-4-3-6-16(14)17/h3-4,6-11,13H,2,5,12H2,1H3. The van der Waals surface area contributed by atoms with Crippen LogP contribution in [0.4, 0.5) is 0 Å². The summed E-state index contributed by atoms with van der Waals surface area (Å²) in [4.78, 5) is 16.3. The average Bonchev–Trinajstić information content (AvgIpc) is 2.97. The Morgan fingerprint density at radius 2 is 2.05 bits per heavy atom. The van der Waals surface area contributed by atoms with Crippen molar-refractivity contribution in [1.29, 1.82) is 0 Å². The smallest absolute Gasteiger partial charge is 0.164 e. The first kappa shape index (κ1) is 13.6. The Balaban J connectivity index is 1.87. The second-order valence-electron chi connectivity index (χ2n) is 5.23. The molecule has 21 heavy (non-hydrogen) atoms. The molecule has 0 amide bonds. The summed E-state index contributed by atoms with van der Waals surface area (Å²) in [5.41, 5.74) is 3.02. The van der Waals surface area contributed by atoms with Gasteiger partial charge in [0.2, 0.25) is 0 Å². The molecule has 0 fully saturated rings. The van der Waals surface area contributed by atoms with Crippen LogP contribution in [-0.2, 0) is 6.54 Å². The summed E-state index contributed by atoms with van der Waals surface area (Å²) in [5.74, 6) is 0.218. The summed E-state index contributed by atoms with van der Waals surface area (Å²) in [7, 11) is 0. The molecule has 3 heteroatoms. The van der Waals surface area contributed by atoms with Gasteiger partial charge in [-0.2, -0.15) is 0 Å². The molecule has 3 rings (SSSR count). The van der Waals surface area contributed by atoms with Crippen LogP contribution in [0, 0.1) is 0 Å². The van der Waals surface area contributed by atoms with E-state index in [0.717, 1.165) is 29.4 Å². The first-order chi connectivity index (χ1) is 10.3. The van der Waals surface area contributed by atoms with Crippen molar-refractivity contribution >= 4 is 16.7 Å². The Hall–Kier alpha value is -2.42. The number of rotatable bonds is 5. The van der Waals surface area contributed by atoms with Gasteiger partial charge in [-0.25, -0.2) is 0 Å². The highest BCUT2D eigenvalue weighted by molar-refractivity contribution is 5.95. The third-order valence-electron chi connectivity index (χ3n) is 3.64. The highest BCUT2D eigenvalue weighted by Gasteiger charge is 2.07. The van der Waals surface area contributed by atoms with E-state index in [4.69, 9.17) is 0 Å². The van der Waals surface area contributed by atoms with Crippen molar-refractivity contribution in [2.24, 2.45) is 0 Å². The van der Waals surface area contributed by atoms with Gasteiger partial charge in [-0.15, -0.1) is 0 Å². The summed E-state index contributed by atoms with van der Waals surface area (Å²) in [6, 6.07) is 12.1. The lowest BCUT2D eigenvalue weighted by molar-refractivity contribution is 0.0981. The van der Waals surface area contributed by atoms with Crippen LogP contribution < -0.4 is 0 Å². The molecule has 2 heterocycles. The number of pyridine rings is 1. The van der Waals surface area contributed by atoms with Gasteiger partial charge in [0.15, 0.2) is 5.78 Å². The van der Waals surface area contributed by atoms with E-state index in [1.165, 1.54) is 5.56 Å². The van der Waals surface area contributed by atoms with Gasteiger partial charge in [0, 0.05) is 42.5 Å². The van der Waals surface area contributed by atoms with Crippen LogP contribution in [0.3, 0.4) is 0 Å². The minimum atomic E-state index is 0.218. The van der Waals surface area contributed by atoms with Gasteiger partial charge in [0.25, 0.3) is 0 Å². The van der Waals surface area contributed by atoms with Crippen molar-refractivity contribution in [3.05, 3.63) is 66.1 Å². The second kappa shape index (κ2) is 5.92. The number of carbonyl (C=O) groups excluding carboxylic acids is 1. The summed E-state index contributed by atoms with van der Waals surface area (Å²) in [5, 5.41) is 1.16. The molecule has 0 bridgehead atoms. The maximum absolute atomic E-state index is 11.9. The van der Waals surface area contributed by atoms with E-state index in [9.17, 15) is 4.79 Å². The number of carbonyl (C=O) groups is 1. The van der Waals surface area contributed by atoms with E-state index < -0.39 is 0 Å². The molecule has 0 saturated carbocycles. The molecule has 0 saturated heterocycles. The number of aromatic nitrogens is 2. The summed E-state index contributed by atoms with van der Waals surface area (Å²) in [6.07, 6.45) is 7.25. The predicted octanol–water partition coefficient (Wildman–Crippen LogP) is 4.07. The summed E-state index contributed by atoms with van der Waals surface area (Å²) < 4.78 is 2.06. The van der Waals surface area contributed by atoms with Crippen molar-refractivity contribution in [3.63, 3.8) is 0 Å².